The summed E-state index contributed by atoms with van der Waals surface area (Å²) in [6, 6.07) is 9.56. The summed E-state index contributed by atoms with van der Waals surface area (Å²) in [4.78, 5) is 26.9. The number of halogens is 1. The largest absolute Gasteiger partial charge is 0.311 e. The van der Waals surface area contributed by atoms with Gasteiger partial charge >= 0.3 is 0 Å². The van der Waals surface area contributed by atoms with E-state index in [9.17, 15) is 14.0 Å². The van der Waals surface area contributed by atoms with E-state index >= 15 is 0 Å². The number of nitrogens with zero attached hydrogens (tertiary/aromatic N) is 4. The molecule has 2 N–H and O–H groups in total. The number of nitrogens with one attached hydrogen (secondary N) is 2. The third kappa shape index (κ3) is 4.03. The third-order valence-electron chi connectivity index (χ3n) is 4.36. The summed E-state index contributed by atoms with van der Waals surface area (Å²) in [5, 5.41) is 11.4. The van der Waals surface area contributed by atoms with Crippen LogP contribution in [-0.2, 0) is 9.59 Å². The molecule has 0 aliphatic carbocycles. The molecule has 1 aliphatic heterocycles. The minimum atomic E-state index is -0.342. The van der Waals surface area contributed by atoms with Crippen LogP contribution < -0.4 is 10.7 Å². The molecule has 0 saturated carbocycles. The number of anilines is 1. The van der Waals surface area contributed by atoms with E-state index in [1.807, 2.05) is 0 Å². The molecule has 146 valence electrons. The zero-order valence-electron chi connectivity index (χ0n) is 15.5. The Labute approximate surface area is 165 Å². The molecule has 0 spiro atoms. The predicted octanol–water partition coefficient (Wildman–Crippen LogP) is 2.78. The Hall–Kier alpha value is -3.88. The summed E-state index contributed by atoms with van der Waals surface area (Å²) in [5.74, 6) is 0.293. The highest BCUT2D eigenvalue weighted by molar-refractivity contribution is 5.94. The summed E-state index contributed by atoms with van der Waals surface area (Å²) in [5.41, 5.74) is 5.32. The maximum atomic E-state index is 13.4. The minimum absolute atomic E-state index is 0.144. The highest BCUT2D eigenvalue weighted by atomic mass is 19.1. The normalized spacial score (nSPS) is 13.6. The van der Waals surface area contributed by atoms with Gasteiger partial charge in [-0.15, -0.1) is 0 Å². The summed E-state index contributed by atoms with van der Waals surface area (Å²) < 4.78 is 15.0. The lowest BCUT2D eigenvalue weighted by molar-refractivity contribution is -0.121. The number of carbonyl (C=O) groups is 2. The molecule has 3 aromatic rings. The molecule has 2 amide bonds. The van der Waals surface area contributed by atoms with Crippen LogP contribution >= 0.6 is 0 Å². The molecule has 0 bridgehead atoms. The number of amides is 2. The van der Waals surface area contributed by atoms with Gasteiger partial charge in [0.2, 0.25) is 11.8 Å². The van der Waals surface area contributed by atoms with Gasteiger partial charge in [0.1, 0.15) is 17.3 Å². The lowest BCUT2D eigenvalue weighted by Crippen LogP contribution is -2.29. The first-order valence-corrected chi connectivity index (χ1v) is 8.95. The zero-order valence-corrected chi connectivity index (χ0v) is 15.5. The number of hydrogen-bond donors (Lipinski definition) is 2. The van der Waals surface area contributed by atoms with Gasteiger partial charge in [0.25, 0.3) is 0 Å². The monoisotopic (exact) mass is 392 g/mol. The molecule has 1 aromatic carbocycles. The van der Waals surface area contributed by atoms with Crippen LogP contribution in [0.15, 0.2) is 53.9 Å². The number of benzene rings is 1. The minimum Gasteiger partial charge on any atom is -0.311 e. The second kappa shape index (κ2) is 7.63. The second-order valence-corrected chi connectivity index (χ2v) is 6.52. The third-order valence-corrected chi connectivity index (χ3v) is 4.36. The van der Waals surface area contributed by atoms with Crippen LogP contribution in [-0.4, -0.2) is 32.4 Å². The van der Waals surface area contributed by atoms with Gasteiger partial charge in [-0.2, -0.15) is 10.2 Å². The van der Waals surface area contributed by atoms with Crippen LogP contribution in [0.25, 0.3) is 22.4 Å². The molecule has 8 nitrogen and oxygen atoms in total. The summed E-state index contributed by atoms with van der Waals surface area (Å²) in [6.07, 6.45) is 4.15. The number of aromatic nitrogens is 3. The number of rotatable bonds is 3. The molecule has 4 rings (SSSR count). The molecular weight excluding hydrogens is 375 g/mol. The number of carbonyl (C=O) groups excluding carboxylic acids is 2. The SMILES string of the molecule is CC(=O)Nc1cc(-c2cn(C3=NNC(=O)CC3)nc2-c2ccc(F)cc2)ccn1. The van der Waals surface area contributed by atoms with Crippen molar-refractivity contribution in [1.29, 1.82) is 0 Å². The molecule has 1 aliphatic rings. The number of hydrazone groups is 1. The Kier molecular flexibility index (Phi) is 4.86. The van der Waals surface area contributed by atoms with E-state index in [-0.39, 0.29) is 17.6 Å². The number of hydrogen-bond acceptors (Lipinski definition) is 5. The van der Waals surface area contributed by atoms with Crippen molar-refractivity contribution in [3.05, 3.63) is 54.6 Å². The van der Waals surface area contributed by atoms with Crippen molar-refractivity contribution in [2.24, 2.45) is 5.10 Å². The van der Waals surface area contributed by atoms with Gasteiger partial charge in [-0.25, -0.2) is 19.5 Å². The molecule has 0 fully saturated rings. The Bertz CT molecular complexity index is 1120. The molecule has 29 heavy (non-hydrogen) atoms. The van der Waals surface area contributed by atoms with E-state index in [2.05, 4.69) is 25.9 Å². The molecule has 3 heterocycles. The van der Waals surface area contributed by atoms with Gasteiger partial charge in [-0.1, -0.05) is 0 Å². The topological polar surface area (TPSA) is 101 Å². The summed E-state index contributed by atoms with van der Waals surface area (Å²) >= 11 is 0. The van der Waals surface area contributed by atoms with Crippen molar-refractivity contribution in [3.63, 3.8) is 0 Å². The molecule has 0 unspecified atom stereocenters. The van der Waals surface area contributed by atoms with Crippen molar-refractivity contribution < 1.29 is 14.0 Å². The Morgan fingerprint density at radius 2 is 1.97 bits per heavy atom. The van der Waals surface area contributed by atoms with Crippen LogP contribution in [0.3, 0.4) is 0 Å². The molecule has 2 aromatic heterocycles. The van der Waals surface area contributed by atoms with Gasteiger partial charge in [-0.05, 0) is 42.0 Å². The molecule has 0 saturated heterocycles. The van der Waals surface area contributed by atoms with E-state index in [1.54, 1.807) is 41.3 Å². The lowest BCUT2D eigenvalue weighted by Gasteiger charge is -2.11. The van der Waals surface area contributed by atoms with Crippen molar-refractivity contribution in [3.8, 4) is 22.4 Å². The highest BCUT2D eigenvalue weighted by Gasteiger charge is 2.19. The van der Waals surface area contributed by atoms with Crippen molar-refractivity contribution in [2.75, 3.05) is 5.32 Å². The van der Waals surface area contributed by atoms with Crippen molar-refractivity contribution in [2.45, 2.75) is 19.8 Å². The first-order chi connectivity index (χ1) is 14.0. The first kappa shape index (κ1) is 18.5. The zero-order chi connectivity index (χ0) is 20.4. The molecular formula is C20H17FN6O2. The fourth-order valence-corrected chi connectivity index (χ4v) is 3.01. The average molecular weight is 392 g/mol. The predicted molar refractivity (Wildman–Crippen MR) is 105 cm³/mol. The van der Waals surface area contributed by atoms with Crippen molar-refractivity contribution in [1.82, 2.24) is 20.2 Å². The Balaban J connectivity index is 1.82. The van der Waals surface area contributed by atoms with E-state index < -0.39 is 0 Å². The molecule has 0 radical (unpaired) electrons. The van der Waals surface area contributed by atoms with E-state index in [0.717, 1.165) is 16.7 Å². The standard InChI is InChI=1S/C20H17FN6O2/c1-12(28)23-17-10-14(8-9-22-17)16-11-27(18-6-7-19(29)25-24-18)26-20(16)13-2-4-15(21)5-3-13/h2-5,8-11H,6-7H2,1H3,(H,25,29)(H,22,23,28). The van der Waals surface area contributed by atoms with Crippen LogP contribution in [0.4, 0.5) is 10.2 Å². The molecule has 9 heteroatoms. The number of pyridine rings is 1. The van der Waals surface area contributed by atoms with Gasteiger partial charge in [0, 0.05) is 43.3 Å². The maximum Gasteiger partial charge on any atom is 0.240 e. The summed E-state index contributed by atoms with van der Waals surface area (Å²) in [6.45, 7) is 1.41. The lowest BCUT2D eigenvalue weighted by atomic mass is 10.0. The van der Waals surface area contributed by atoms with Gasteiger partial charge in [-0.3, -0.25) is 9.59 Å². The van der Waals surface area contributed by atoms with Crippen LogP contribution in [0.5, 0.6) is 0 Å². The Morgan fingerprint density at radius 1 is 1.17 bits per heavy atom. The Morgan fingerprint density at radius 3 is 2.66 bits per heavy atom. The highest BCUT2D eigenvalue weighted by Crippen LogP contribution is 2.32. The van der Waals surface area contributed by atoms with Crippen LogP contribution in [0.2, 0.25) is 0 Å². The maximum absolute atomic E-state index is 13.4. The quantitative estimate of drug-likeness (QED) is 0.716. The van der Waals surface area contributed by atoms with E-state index in [0.29, 0.717) is 30.2 Å². The fraction of sp³-hybridized carbons (Fsp3) is 0.150. The average Bonchev–Trinajstić information content (AvgIpc) is 3.14. The fourth-order valence-electron chi connectivity index (χ4n) is 3.01. The first-order valence-electron chi connectivity index (χ1n) is 8.95. The van der Waals surface area contributed by atoms with Gasteiger partial charge in [0.05, 0.1) is 0 Å². The van der Waals surface area contributed by atoms with Crippen LogP contribution in [0.1, 0.15) is 19.8 Å². The van der Waals surface area contributed by atoms with Crippen molar-refractivity contribution >= 4 is 23.5 Å². The van der Waals surface area contributed by atoms with Gasteiger partial charge < -0.3 is 5.32 Å². The van der Waals surface area contributed by atoms with E-state index in [1.165, 1.54) is 19.1 Å². The smallest absolute Gasteiger partial charge is 0.240 e. The molecule has 0 atom stereocenters. The van der Waals surface area contributed by atoms with Gasteiger partial charge in [0.15, 0.2) is 5.84 Å². The summed E-state index contributed by atoms with van der Waals surface area (Å²) in [7, 11) is 0. The van der Waals surface area contributed by atoms with Crippen LogP contribution in [0, 0.1) is 5.82 Å². The van der Waals surface area contributed by atoms with E-state index in [4.69, 9.17) is 0 Å². The second-order valence-electron chi connectivity index (χ2n) is 6.52.